The molecule has 1 N–H and O–H groups in total. The summed E-state index contributed by atoms with van der Waals surface area (Å²) in [7, 11) is 1.84. The standard InChI is InChI=1S/C14H15N3O3/c1-10(18)17(8-13-7-15-9-16(13)2)12-5-3-4-11(6-12)14(19)20/h3-7,9H,8H2,1-2H3,(H,19,20). The number of hydrogen-bond acceptors (Lipinski definition) is 3. The fourth-order valence-electron chi connectivity index (χ4n) is 1.89. The number of carboxylic acid groups (broad SMARTS) is 1. The van der Waals surface area contributed by atoms with Crippen LogP contribution in [0.15, 0.2) is 36.8 Å². The largest absolute Gasteiger partial charge is 0.478 e. The number of anilines is 1. The molecule has 0 atom stereocenters. The molecule has 0 spiro atoms. The number of aromatic carboxylic acids is 1. The molecular formula is C14H15N3O3. The summed E-state index contributed by atoms with van der Waals surface area (Å²) >= 11 is 0. The van der Waals surface area contributed by atoms with E-state index in [1.165, 1.54) is 24.0 Å². The summed E-state index contributed by atoms with van der Waals surface area (Å²) in [6.45, 7) is 1.79. The van der Waals surface area contributed by atoms with Crippen LogP contribution in [-0.4, -0.2) is 26.5 Å². The lowest BCUT2D eigenvalue weighted by molar-refractivity contribution is -0.116. The Morgan fingerprint density at radius 3 is 2.70 bits per heavy atom. The van der Waals surface area contributed by atoms with Crippen molar-refractivity contribution in [3.63, 3.8) is 0 Å². The van der Waals surface area contributed by atoms with Gasteiger partial charge in [-0.3, -0.25) is 4.79 Å². The monoisotopic (exact) mass is 273 g/mol. The lowest BCUT2D eigenvalue weighted by Crippen LogP contribution is -2.28. The average molecular weight is 273 g/mol. The van der Waals surface area contributed by atoms with Gasteiger partial charge in [0.25, 0.3) is 0 Å². The number of carboxylic acids is 1. The Labute approximate surface area is 116 Å². The van der Waals surface area contributed by atoms with E-state index in [-0.39, 0.29) is 11.5 Å². The molecule has 1 amide bonds. The highest BCUT2D eigenvalue weighted by Crippen LogP contribution is 2.19. The zero-order chi connectivity index (χ0) is 14.7. The summed E-state index contributed by atoms with van der Waals surface area (Å²) < 4.78 is 1.82. The van der Waals surface area contributed by atoms with E-state index in [1.54, 1.807) is 24.7 Å². The first kappa shape index (κ1) is 13.8. The van der Waals surface area contributed by atoms with Crippen LogP contribution in [0.2, 0.25) is 0 Å². The summed E-state index contributed by atoms with van der Waals surface area (Å²) in [5, 5.41) is 9.01. The number of carbonyl (C=O) groups is 2. The molecule has 20 heavy (non-hydrogen) atoms. The molecule has 0 saturated heterocycles. The van der Waals surface area contributed by atoms with Crippen molar-refractivity contribution in [1.29, 1.82) is 0 Å². The molecule has 2 aromatic rings. The first-order valence-corrected chi connectivity index (χ1v) is 6.05. The molecule has 1 aromatic carbocycles. The highest BCUT2D eigenvalue weighted by Gasteiger charge is 2.15. The molecule has 104 valence electrons. The Morgan fingerprint density at radius 1 is 1.40 bits per heavy atom. The van der Waals surface area contributed by atoms with Gasteiger partial charge in [-0.05, 0) is 18.2 Å². The summed E-state index contributed by atoms with van der Waals surface area (Å²) in [5.41, 5.74) is 1.57. The zero-order valence-corrected chi connectivity index (χ0v) is 11.3. The molecule has 6 heteroatoms. The predicted molar refractivity (Wildman–Crippen MR) is 73.5 cm³/mol. The van der Waals surface area contributed by atoms with Crippen molar-refractivity contribution in [3.8, 4) is 0 Å². The van der Waals surface area contributed by atoms with Gasteiger partial charge in [-0.1, -0.05) is 6.07 Å². The molecule has 0 fully saturated rings. The van der Waals surface area contributed by atoms with E-state index in [1.807, 2.05) is 11.6 Å². The second-order valence-electron chi connectivity index (χ2n) is 4.46. The summed E-state index contributed by atoms with van der Waals surface area (Å²) in [5.74, 6) is -1.18. The highest BCUT2D eigenvalue weighted by molar-refractivity contribution is 5.94. The number of nitrogens with zero attached hydrogens (tertiary/aromatic N) is 3. The van der Waals surface area contributed by atoms with Gasteiger partial charge in [0, 0.05) is 25.9 Å². The fourth-order valence-corrected chi connectivity index (χ4v) is 1.89. The minimum absolute atomic E-state index is 0.152. The van der Waals surface area contributed by atoms with E-state index in [0.717, 1.165) is 5.69 Å². The van der Waals surface area contributed by atoms with Crippen LogP contribution in [0.25, 0.3) is 0 Å². The first-order chi connectivity index (χ1) is 9.49. The minimum atomic E-state index is -1.02. The Hall–Kier alpha value is -2.63. The van der Waals surface area contributed by atoms with Crippen molar-refractivity contribution in [1.82, 2.24) is 9.55 Å². The Kier molecular flexibility index (Phi) is 3.84. The number of imidazole rings is 1. The van der Waals surface area contributed by atoms with E-state index < -0.39 is 5.97 Å². The normalized spacial score (nSPS) is 10.3. The number of rotatable bonds is 4. The highest BCUT2D eigenvalue weighted by atomic mass is 16.4. The molecule has 0 saturated carbocycles. The van der Waals surface area contributed by atoms with Crippen molar-refractivity contribution in [2.75, 3.05) is 4.90 Å². The van der Waals surface area contributed by atoms with Crippen LogP contribution in [-0.2, 0) is 18.4 Å². The third-order valence-corrected chi connectivity index (χ3v) is 3.02. The lowest BCUT2D eigenvalue weighted by Gasteiger charge is -2.21. The van der Waals surface area contributed by atoms with Crippen LogP contribution >= 0.6 is 0 Å². The maximum atomic E-state index is 11.8. The lowest BCUT2D eigenvalue weighted by atomic mass is 10.2. The smallest absolute Gasteiger partial charge is 0.335 e. The minimum Gasteiger partial charge on any atom is -0.478 e. The van der Waals surface area contributed by atoms with E-state index in [0.29, 0.717) is 12.2 Å². The molecule has 0 unspecified atom stereocenters. The summed E-state index contributed by atoms with van der Waals surface area (Å²) in [6.07, 6.45) is 3.33. The number of aromatic nitrogens is 2. The SMILES string of the molecule is CC(=O)N(Cc1cncn1C)c1cccc(C(=O)O)c1. The second kappa shape index (κ2) is 5.56. The second-order valence-corrected chi connectivity index (χ2v) is 4.46. The molecule has 0 aliphatic carbocycles. The number of aryl methyl sites for hydroxylation is 1. The Bertz CT molecular complexity index is 649. The Morgan fingerprint density at radius 2 is 2.15 bits per heavy atom. The van der Waals surface area contributed by atoms with Gasteiger partial charge < -0.3 is 14.6 Å². The Balaban J connectivity index is 2.34. The maximum absolute atomic E-state index is 11.8. The molecular weight excluding hydrogens is 258 g/mol. The predicted octanol–water partition coefficient (Wildman–Crippen LogP) is 1.67. The van der Waals surface area contributed by atoms with Gasteiger partial charge in [0.15, 0.2) is 0 Å². The third kappa shape index (κ3) is 2.85. The maximum Gasteiger partial charge on any atom is 0.335 e. The van der Waals surface area contributed by atoms with E-state index >= 15 is 0 Å². The van der Waals surface area contributed by atoms with Gasteiger partial charge in [-0.15, -0.1) is 0 Å². The van der Waals surface area contributed by atoms with Gasteiger partial charge >= 0.3 is 5.97 Å². The molecule has 0 bridgehead atoms. The van der Waals surface area contributed by atoms with Crippen LogP contribution in [0.5, 0.6) is 0 Å². The van der Waals surface area contributed by atoms with Gasteiger partial charge in [-0.2, -0.15) is 0 Å². The van der Waals surface area contributed by atoms with Crippen LogP contribution < -0.4 is 4.90 Å². The van der Waals surface area contributed by atoms with Gasteiger partial charge in [0.1, 0.15) is 0 Å². The van der Waals surface area contributed by atoms with Crippen molar-refractivity contribution < 1.29 is 14.7 Å². The zero-order valence-electron chi connectivity index (χ0n) is 11.3. The number of carbonyl (C=O) groups excluding carboxylic acids is 1. The van der Waals surface area contributed by atoms with Crippen molar-refractivity contribution in [2.45, 2.75) is 13.5 Å². The van der Waals surface area contributed by atoms with Gasteiger partial charge in [0.05, 0.1) is 24.1 Å². The van der Waals surface area contributed by atoms with E-state index in [9.17, 15) is 9.59 Å². The van der Waals surface area contributed by atoms with Crippen LogP contribution in [0.1, 0.15) is 23.0 Å². The van der Waals surface area contributed by atoms with Crippen molar-refractivity contribution in [2.24, 2.45) is 7.05 Å². The average Bonchev–Trinajstić information content (AvgIpc) is 2.81. The van der Waals surface area contributed by atoms with Gasteiger partial charge in [-0.25, -0.2) is 9.78 Å². The van der Waals surface area contributed by atoms with Crippen molar-refractivity contribution >= 4 is 17.6 Å². The quantitative estimate of drug-likeness (QED) is 0.919. The van der Waals surface area contributed by atoms with Gasteiger partial charge in [0.2, 0.25) is 5.91 Å². The van der Waals surface area contributed by atoms with Crippen LogP contribution in [0.4, 0.5) is 5.69 Å². The number of amides is 1. The fraction of sp³-hybridized carbons (Fsp3) is 0.214. The molecule has 0 radical (unpaired) electrons. The van der Waals surface area contributed by atoms with Crippen LogP contribution in [0.3, 0.4) is 0 Å². The molecule has 0 aliphatic rings. The molecule has 0 aliphatic heterocycles. The van der Waals surface area contributed by atoms with Crippen LogP contribution in [0, 0.1) is 0 Å². The third-order valence-electron chi connectivity index (χ3n) is 3.02. The molecule has 2 rings (SSSR count). The number of hydrogen-bond donors (Lipinski definition) is 1. The molecule has 1 heterocycles. The van der Waals surface area contributed by atoms with Crippen molar-refractivity contribution in [3.05, 3.63) is 48.0 Å². The first-order valence-electron chi connectivity index (χ1n) is 6.05. The summed E-state index contributed by atoms with van der Waals surface area (Å²) in [6, 6.07) is 6.32. The molecule has 6 nitrogen and oxygen atoms in total. The van der Waals surface area contributed by atoms with E-state index in [4.69, 9.17) is 5.11 Å². The molecule has 1 aromatic heterocycles. The topological polar surface area (TPSA) is 75.4 Å². The van der Waals surface area contributed by atoms with E-state index in [2.05, 4.69) is 4.98 Å². The summed E-state index contributed by atoms with van der Waals surface area (Å²) in [4.78, 5) is 28.3. The number of benzene rings is 1.